The Labute approximate surface area is 128 Å². The zero-order valence-corrected chi connectivity index (χ0v) is 12.3. The number of benzene rings is 2. The van der Waals surface area contributed by atoms with E-state index in [4.69, 9.17) is 4.74 Å². The Morgan fingerprint density at radius 3 is 2.18 bits per heavy atom. The number of nitrogens with zero attached hydrogens (tertiary/aromatic N) is 1. The molecule has 2 rings (SSSR count). The molecule has 0 saturated carbocycles. The van der Waals surface area contributed by atoms with E-state index >= 15 is 0 Å². The van der Waals surface area contributed by atoms with E-state index in [0.717, 1.165) is 5.56 Å². The minimum absolute atomic E-state index is 0.0243. The van der Waals surface area contributed by atoms with Crippen molar-refractivity contribution >= 4 is 17.5 Å². The van der Waals surface area contributed by atoms with Crippen molar-refractivity contribution in [3.8, 4) is 5.75 Å². The van der Waals surface area contributed by atoms with Gasteiger partial charge in [0.15, 0.2) is 5.78 Å². The van der Waals surface area contributed by atoms with Gasteiger partial charge < -0.3 is 4.74 Å². The number of hydrogen-bond donors (Lipinski definition) is 0. The van der Waals surface area contributed by atoms with Crippen molar-refractivity contribution in [3.63, 3.8) is 0 Å². The van der Waals surface area contributed by atoms with Crippen molar-refractivity contribution in [2.24, 2.45) is 0 Å². The van der Waals surface area contributed by atoms with Gasteiger partial charge in [-0.3, -0.25) is 14.9 Å². The molecule has 0 aliphatic heterocycles. The summed E-state index contributed by atoms with van der Waals surface area (Å²) in [5.41, 5.74) is 1.89. The van der Waals surface area contributed by atoms with E-state index in [1.165, 1.54) is 12.1 Å². The second-order valence-electron chi connectivity index (χ2n) is 4.73. The topological polar surface area (TPSA) is 69.4 Å². The minimum atomic E-state index is -0.455. The highest BCUT2D eigenvalue weighted by Crippen LogP contribution is 2.18. The van der Waals surface area contributed by atoms with Gasteiger partial charge in [-0.15, -0.1) is 0 Å². The fourth-order valence-corrected chi connectivity index (χ4v) is 1.98. The SMILES string of the molecule is COc1ccc(C(=O)/C(C)=C/c2ccc([N+](=O)[O-])cc2)cc1. The number of allylic oxidation sites excluding steroid dienone is 1. The Bertz CT molecular complexity index is 715. The molecule has 0 aliphatic carbocycles. The number of Topliss-reactive ketones (excluding diaryl/α,β-unsaturated/α-hetero) is 1. The standard InChI is InChI=1S/C17H15NO4/c1-12(11-13-3-7-15(8-4-13)18(20)21)17(19)14-5-9-16(22-2)10-6-14/h3-11H,1-2H3/b12-11+. The van der Waals surface area contributed by atoms with Gasteiger partial charge in [0, 0.05) is 17.7 Å². The zero-order chi connectivity index (χ0) is 16.1. The summed E-state index contributed by atoms with van der Waals surface area (Å²) in [6.45, 7) is 1.72. The lowest BCUT2D eigenvalue weighted by atomic mass is 10.0. The molecule has 5 nitrogen and oxygen atoms in total. The maximum absolute atomic E-state index is 12.3. The maximum Gasteiger partial charge on any atom is 0.269 e. The van der Waals surface area contributed by atoms with Crippen LogP contribution in [-0.2, 0) is 0 Å². The third-order valence-corrected chi connectivity index (χ3v) is 3.20. The van der Waals surface area contributed by atoms with Crippen molar-refractivity contribution in [3.05, 3.63) is 75.3 Å². The lowest BCUT2D eigenvalue weighted by molar-refractivity contribution is -0.384. The second-order valence-corrected chi connectivity index (χ2v) is 4.73. The predicted molar refractivity (Wildman–Crippen MR) is 84.1 cm³/mol. The third-order valence-electron chi connectivity index (χ3n) is 3.20. The van der Waals surface area contributed by atoms with Crippen molar-refractivity contribution in [1.29, 1.82) is 0 Å². The Hall–Kier alpha value is -2.95. The molecule has 0 radical (unpaired) electrons. The first kappa shape index (κ1) is 15.4. The number of ketones is 1. The zero-order valence-electron chi connectivity index (χ0n) is 12.3. The Morgan fingerprint density at radius 2 is 1.68 bits per heavy atom. The molecule has 0 heterocycles. The molecule has 22 heavy (non-hydrogen) atoms. The summed E-state index contributed by atoms with van der Waals surface area (Å²) in [5.74, 6) is 0.592. The molecule has 0 aromatic heterocycles. The number of hydrogen-bond acceptors (Lipinski definition) is 4. The number of carbonyl (C=O) groups excluding carboxylic acids is 1. The smallest absolute Gasteiger partial charge is 0.269 e. The van der Waals surface area contributed by atoms with Crippen molar-refractivity contribution in [2.45, 2.75) is 6.92 Å². The van der Waals surface area contributed by atoms with Crippen LogP contribution < -0.4 is 4.74 Å². The fraction of sp³-hybridized carbons (Fsp3) is 0.118. The van der Waals surface area contributed by atoms with E-state index < -0.39 is 4.92 Å². The number of rotatable bonds is 5. The molecule has 0 bridgehead atoms. The molecule has 0 atom stereocenters. The molecule has 112 valence electrons. The van der Waals surface area contributed by atoms with Gasteiger partial charge in [-0.05, 0) is 60.5 Å². The van der Waals surface area contributed by atoms with Crippen molar-refractivity contribution in [1.82, 2.24) is 0 Å². The number of ether oxygens (including phenoxy) is 1. The molecule has 0 fully saturated rings. The highest BCUT2D eigenvalue weighted by Gasteiger charge is 2.09. The first-order valence-electron chi connectivity index (χ1n) is 6.63. The molecule has 0 N–H and O–H groups in total. The summed E-state index contributed by atoms with van der Waals surface area (Å²) in [6, 6.07) is 12.9. The molecule has 0 unspecified atom stereocenters. The Kier molecular flexibility index (Phi) is 4.68. The van der Waals surface area contributed by atoms with Crippen LogP contribution in [0.15, 0.2) is 54.1 Å². The first-order valence-corrected chi connectivity index (χ1v) is 6.63. The molecular formula is C17H15NO4. The van der Waals surface area contributed by atoms with Gasteiger partial charge in [0.05, 0.1) is 12.0 Å². The third kappa shape index (κ3) is 3.58. The van der Waals surface area contributed by atoms with E-state index in [1.807, 2.05) is 0 Å². The van der Waals surface area contributed by atoms with Crippen LogP contribution in [-0.4, -0.2) is 17.8 Å². The van der Waals surface area contributed by atoms with Gasteiger partial charge in [-0.2, -0.15) is 0 Å². The van der Waals surface area contributed by atoms with E-state index in [-0.39, 0.29) is 11.5 Å². The van der Waals surface area contributed by atoms with Gasteiger partial charge in [0.1, 0.15) is 5.75 Å². The molecular weight excluding hydrogens is 282 g/mol. The second kappa shape index (κ2) is 6.67. The summed E-state index contributed by atoms with van der Waals surface area (Å²) in [5, 5.41) is 10.6. The van der Waals surface area contributed by atoms with Crippen LogP contribution in [0.25, 0.3) is 6.08 Å². The quantitative estimate of drug-likeness (QED) is 0.363. The van der Waals surface area contributed by atoms with Gasteiger partial charge in [-0.1, -0.05) is 0 Å². The van der Waals surface area contributed by atoms with Crippen molar-refractivity contribution in [2.75, 3.05) is 7.11 Å². The number of nitro groups is 1. The average molecular weight is 297 g/mol. The van der Waals surface area contributed by atoms with E-state index in [2.05, 4.69) is 0 Å². The van der Waals surface area contributed by atoms with E-state index in [1.54, 1.807) is 56.5 Å². The molecule has 2 aromatic rings. The molecule has 2 aromatic carbocycles. The van der Waals surface area contributed by atoms with Gasteiger partial charge in [0.25, 0.3) is 5.69 Å². The predicted octanol–water partition coefficient (Wildman–Crippen LogP) is 3.89. The van der Waals surface area contributed by atoms with Crippen LogP contribution in [0.3, 0.4) is 0 Å². The van der Waals surface area contributed by atoms with E-state index in [9.17, 15) is 14.9 Å². The van der Waals surface area contributed by atoms with Crippen LogP contribution in [0.1, 0.15) is 22.8 Å². The number of nitro benzene ring substituents is 1. The van der Waals surface area contributed by atoms with Gasteiger partial charge >= 0.3 is 0 Å². The molecule has 0 amide bonds. The van der Waals surface area contributed by atoms with Gasteiger partial charge in [-0.25, -0.2) is 0 Å². The normalized spacial score (nSPS) is 11.1. The highest BCUT2D eigenvalue weighted by atomic mass is 16.6. The summed E-state index contributed by atoms with van der Waals surface area (Å²) >= 11 is 0. The lowest BCUT2D eigenvalue weighted by Crippen LogP contribution is -2.00. The maximum atomic E-state index is 12.3. The summed E-state index contributed by atoms with van der Waals surface area (Å²) in [6.07, 6.45) is 1.70. The number of methoxy groups -OCH3 is 1. The summed E-state index contributed by atoms with van der Waals surface area (Å²) in [7, 11) is 1.57. The summed E-state index contributed by atoms with van der Waals surface area (Å²) < 4.78 is 5.05. The number of carbonyl (C=O) groups is 1. The largest absolute Gasteiger partial charge is 0.497 e. The molecule has 0 spiro atoms. The highest BCUT2D eigenvalue weighted by molar-refractivity contribution is 6.10. The Morgan fingerprint density at radius 1 is 1.09 bits per heavy atom. The first-order chi connectivity index (χ1) is 10.5. The molecule has 0 aliphatic rings. The molecule has 0 saturated heterocycles. The van der Waals surface area contributed by atoms with Crippen LogP contribution in [0.5, 0.6) is 5.75 Å². The average Bonchev–Trinajstić information content (AvgIpc) is 2.54. The molecule has 5 heteroatoms. The minimum Gasteiger partial charge on any atom is -0.497 e. The van der Waals surface area contributed by atoms with Gasteiger partial charge in [0.2, 0.25) is 0 Å². The monoisotopic (exact) mass is 297 g/mol. The van der Waals surface area contributed by atoms with Crippen LogP contribution in [0.4, 0.5) is 5.69 Å². The van der Waals surface area contributed by atoms with Crippen LogP contribution in [0, 0.1) is 10.1 Å². The summed E-state index contributed by atoms with van der Waals surface area (Å²) in [4.78, 5) is 22.5. The van der Waals surface area contributed by atoms with Crippen molar-refractivity contribution < 1.29 is 14.5 Å². The van der Waals surface area contributed by atoms with Crippen LogP contribution >= 0.6 is 0 Å². The number of non-ortho nitro benzene ring substituents is 1. The fourth-order valence-electron chi connectivity index (χ4n) is 1.98. The Balaban J connectivity index is 2.19. The van der Waals surface area contributed by atoms with Crippen LogP contribution in [0.2, 0.25) is 0 Å². The lowest BCUT2D eigenvalue weighted by Gasteiger charge is -2.04. The van der Waals surface area contributed by atoms with E-state index in [0.29, 0.717) is 16.9 Å².